The van der Waals surface area contributed by atoms with Crippen LogP contribution in [-0.2, 0) is 4.74 Å². The zero-order valence-electron chi connectivity index (χ0n) is 13.2. The molecule has 0 saturated heterocycles. The number of azo groups is 1. The van der Waals surface area contributed by atoms with Crippen molar-refractivity contribution >= 4 is 22.9 Å². The molecule has 0 aliphatic rings. The quantitative estimate of drug-likeness (QED) is 0.557. The van der Waals surface area contributed by atoms with E-state index in [1.165, 1.54) is 6.92 Å². The number of carbonyl (C=O) groups excluding carboxylic acids is 2. The van der Waals surface area contributed by atoms with Gasteiger partial charge in [-0.15, -0.1) is 0 Å². The number of rotatable bonds is 7. The van der Waals surface area contributed by atoms with Gasteiger partial charge in [0.05, 0.1) is 18.0 Å². The van der Waals surface area contributed by atoms with Gasteiger partial charge in [-0.3, -0.25) is 9.59 Å². The summed E-state index contributed by atoms with van der Waals surface area (Å²) in [4.78, 5) is 23.0. The Kier molecular flexibility index (Phi) is 5.88. The summed E-state index contributed by atoms with van der Waals surface area (Å²) in [5, 5.41) is 8.23. The molecule has 23 heavy (non-hydrogen) atoms. The molecule has 118 valence electrons. The van der Waals surface area contributed by atoms with Gasteiger partial charge in [-0.25, -0.2) is 0 Å². The second-order valence-corrected chi connectivity index (χ2v) is 5.02. The molecule has 0 heterocycles. The molecule has 0 bridgehead atoms. The SMILES string of the molecule is COCCC(=O)c1ccc(N=Nc2ccc(C(C)=O)cc2)cc1. The predicted molar refractivity (Wildman–Crippen MR) is 87.9 cm³/mol. The number of methoxy groups -OCH3 is 1. The zero-order chi connectivity index (χ0) is 16.7. The van der Waals surface area contributed by atoms with Crippen LogP contribution in [0.3, 0.4) is 0 Å². The standard InChI is InChI=1S/C18H18N2O3/c1-13(21)14-3-7-16(8-4-14)19-20-17-9-5-15(6-10-17)18(22)11-12-23-2/h3-10H,11-12H2,1-2H3. The lowest BCUT2D eigenvalue weighted by Gasteiger charge is -2.00. The Hall–Kier alpha value is -2.66. The zero-order valence-corrected chi connectivity index (χ0v) is 13.2. The Labute approximate surface area is 135 Å². The number of hydrogen-bond donors (Lipinski definition) is 0. The molecule has 0 spiro atoms. The first-order valence-electron chi connectivity index (χ1n) is 7.25. The highest BCUT2D eigenvalue weighted by Crippen LogP contribution is 2.19. The number of hydrogen-bond acceptors (Lipinski definition) is 5. The minimum Gasteiger partial charge on any atom is -0.384 e. The van der Waals surface area contributed by atoms with Crippen LogP contribution >= 0.6 is 0 Å². The van der Waals surface area contributed by atoms with E-state index >= 15 is 0 Å². The average Bonchev–Trinajstić information content (AvgIpc) is 2.58. The van der Waals surface area contributed by atoms with Crippen molar-refractivity contribution in [3.8, 4) is 0 Å². The molecular weight excluding hydrogens is 292 g/mol. The predicted octanol–water partition coefficient (Wildman–Crippen LogP) is 4.52. The van der Waals surface area contributed by atoms with E-state index in [1.807, 2.05) is 0 Å². The third kappa shape index (κ3) is 4.93. The third-order valence-corrected chi connectivity index (χ3v) is 3.28. The first-order valence-corrected chi connectivity index (χ1v) is 7.25. The molecule has 0 aliphatic heterocycles. The summed E-state index contributed by atoms with van der Waals surface area (Å²) in [5.74, 6) is 0.0531. The summed E-state index contributed by atoms with van der Waals surface area (Å²) in [7, 11) is 1.57. The van der Waals surface area contributed by atoms with Crippen molar-refractivity contribution in [1.82, 2.24) is 0 Å². The molecule has 0 N–H and O–H groups in total. The third-order valence-electron chi connectivity index (χ3n) is 3.28. The molecule has 5 nitrogen and oxygen atoms in total. The van der Waals surface area contributed by atoms with E-state index in [2.05, 4.69) is 10.2 Å². The van der Waals surface area contributed by atoms with Crippen molar-refractivity contribution < 1.29 is 14.3 Å². The smallest absolute Gasteiger partial charge is 0.165 e. The minimum absolute atomic E-state index is 0.0159. The molecule has 0 radical (unpaired) electrons. The second kappa shape index (κ2) is 8.10. The summed E-state index contributed by atoms with van der Waals surface area (Å²) >= 11 is 0. The fraction of sp³-hybridized carbons (Fsp3) is 0.222. The summed E-state index contributed by atoms with van der Waals surface area (Å²) in [6.45, 7) is 1.93. The van der Waals surface area contributed by atoms with Gasteiger partial charge in [0, 0.05) is 24.7 Å². The number of ketones is 2. The van der Waals surface area contributed by atoms with Crippen LogP contribution in [0.1, 0.15) is 34.1 Å². The van der Waals surface area contributed by atoms with Crippen molar-refractivity contribution in [2.75, 3.05) is 13.7 Å². The highest BCUT2D eigenvalue weighted by molar-refractivity contribution is 5.96. The van der Waals surface area contributed by atoms with Crippen LogP contribution in [0.2, 0.25) is 0 Å². The van der Waals surface area contributed by atoms with Crippen LogP contribution in [0.5, 0.6) is 0 Å². The lowest BCUT2D eigenvalue weighted by atomic mass is 10.1. The van der Waals surface area contributed by atoms with Gasteiger partial charge in [0.1, 0.15) is 0 Å². The van der Waals surface area contributed by atoms with Crippen LogP contribution in [-0.4, -0.2) is 25.3 Å². The van der Waals surface area contributed by atoms with Gasteiger partial charge >= 0.3 is 0 Å². The van der Waals surface area contributed by atoms with Gasteiger partial charge in [0.2, 0.25) is 0 Å². The number of Topliss-reactive ketones (excluding diaryl/α,β-unsaturated/α-hetero) is 2. The molecule has 5 heteroatoms. The Morgan fingerprint density at radius 3 is 1.78 bits per heavy atom. The minimum atomic E-state index is 0.0159. The second-order valence-electron chi connectivity index (χ2n) is 5.02. The lowest BCUT2D eigenvalue weighted by Crippen LogP contribution is -2.02. The molecule has 0 saturated carbocycles. The summed E-state index contributed by atoms with van der Waals surface area (Å²) < 4.78 is 4.89. The van der Waals surface area contributed by atoms with Crippen molar-refractivity contribution in [2.24, 2.45) is 10.2 Å². The van der Waals surface area contributed by atoms with Gasteiger partial charge in [-0.2, -0.15) is 10.2 Å². The topological polar surface area (TPSA) is 68.1 Å². The number of nitrogens with zero attached hydrogens (tertiary/aromatic N) is 2. The van der Waals surface area contributed by atoms with E-state index in [0.717, 1.165) is 0 Å². The fourth-order valence-corrected chi connectivity index (χ4v) is 1.93. The number of carbonyl (C=O) groups is 2. The van der Waals surface area contributed by atoms with Crippen molar-refractivity contribution in [2.45, 2.75) is 13.3 Å². The molecule has 0 fully saturated rings. The first-order chi connectivity index (χ1) is 11.1. The van der Waals surface area contributed by atoms with Crippen LogP contribution in [0, 0.1) is 0 Å². The summed E-state index contributed by atoms with van der Waals surface area (Å²) in [6, 6.07) is 13.9. The van der Waals surface area contributed by atoms with Crippen LogP contribution in [0.15, 0.2) is 58.8 Å². The molecule has 0 aliphatic carbocycles. The number of benzene rings is 2. The molecule has 0 amide bonds. The summed E-state index contributed by atoms with van der Waals surface area (Å²) in [6.07, 6.45) is 0.361. The van der Waals surface area contributed by atoms with E-state index in [-0.39, 0.29) is 11.6 Å². The average molecular weight is 310 g/mol. The molecule has 2 aromatic rings. The Balaban J connectivity index is 2.02. The van der Waals surface area contributed by atoms with Crippen LogP contribution in [0.25, 0.3) is 0 Å². The van der Waals surface area contributed by atoms with Crippen LogP contribution < -0.4 is 0 Å². The highest BCUT2D eigenvalue weighted by atomic mass is 16.5. The maximum absolute atomic E-state index is 11.8. The van der Waals surface area contributed by atoms with Crippen LogP contribution in [0.4, 0.5) is 11.4 Å². The molecule has 0 atom stereocenters. The van der Waals surface area contributed by atoms with E-state index in [1.54, 1.807) is 55.6 Å². The Morgan fingerprint density at radius 1 is 0.870 bits per heavy atom. The van der Waals surface area contributed by atoms with E-state index in [4.69, 9.17) is 4.74 Å². The summed E-state index contributed by atoms with van der Waals surface area (Å²) in [5.41, 5.74) is 2.59. The monoisotopic (exact) mass is 310 g/mol. The maximum atomic E-state index is 11.8. The maximum Gasteiger partial charge on any atom is 0.165 e. The van der Waals surface area contributed by atoms with Gasteiger partial charge in [0.15, 0.2) is 11.6 Å². The van der Waals surface area contributed by atoms with Crippen molar-refractivity contribution in [3.05, 3.63) is 59.7 Å². The molecule has 2 rings (SSSR count). The van der Waals surface area contributed by atoms with E-state index < -0.39 is 0 Å². The Morgan fingerprint density at radius 2 is 1.35 bits per heavy atom. The van der Waals surface area contributed by atoms with Crippen molar-refractivity contribution in [1.29, 1.82) is 0 Å². The lowest BCUT2D eigenvalue weighted by molar-refractivity contribution is 0.0931. The molecule has 2 aromatic carbocycles. The van der Waals surface area contributed by atoms with Gasteiger partial charge < -0.3 is 4.74 Å². The van der Waals surface area contributed by atoms with Gasteiger partial charge in [-0.1, -0.05) is 0 Å². The number of ether oxygens (including phenoxy) is 1. The highest BCUT2D eigenvalue weighted by Gasteiger charge is 2.05. The Bertz CT molecular complexity index is 704. The molecular formula is C18H18N2O3. The fourth-order valence-electron chi connectivity index (χ4n) is 1.93. The largest absolute Gasteiger partial charge is 0.384 e. The van der Waals surface area contributed by atoms with Gasteiger partial charge in [0.25, 0.3) is 0 Å². The van der Waals surface area contributed by atoms with Gasteiger partial charge in [-0.05, 0) is 55.5 Å². The van der Waals surface area contributed by atoms with Crippen molar-refractivity contribution in [3.63, 3.8) is 0 Å². The van der Waals surface area contributed by atoms with E-state index in [9.17, 15) is 9.59 Å². The van der Waals surface area contributed by atoms with E-state index in [0.29, 0.717) is 35.5 Å². The molecule has 0 aromatic heterocycles. The first kappa shape index (κ1) is 16.7. The normalized spacial score (nSPS) is 10.9. The molecule has 0 unspecified atom stereocenters.